The maximum absolute atomic E-state index is 12.5. The smallest absolute Gasteiger partial charge is 0.246 e. The third kappa shape index (κ3) is 4.59. The van der Waals surface area contributed by atoms with Gasteiger partial charge in [0.15, 0.2) is 23.0 Å². The Bertz CT molecular complexity index is 943. The molecule has 2 aromatic rings. The van der Waals surface area contributed by atoms with E-state index in [0.29, 0.717) is 55.2 Å². The molecule has 2 heterocycles. The Labute approximate surface area is 174 Å². The Morgan fingerprint density at radius 3 is 2.62 bits per heavy atom. The van der Waals surface area contributed by atoms with Gasteiger partial charge in [0.25, 0.3) is 0 Å². The van der Waals surface area contributed by atoms with Crippen molar-refractivity contribution in [2.24, 2.45) is 0 Å². The molecular formula is C22H22ClNO5. The predicted octanol–water partition coefficient (Wildman–Crippen LogP) is 3.94. The lowest BCUT2D eigenvalue weighted by Crippen LogP contribution is -2.24. The van der Waals surface area contributed by atoms with Crippen molar-refractivity contribution in [2.75, 3.05) is 33.5 Å². The third-order valence-corrected chi connectivity index (χ3v) is 4.93. The molecule has 0 unspecified atom stereocenters. The molecule has 0 fully saturated rings. The molecule has 0 saturated heterocycles. The molecule has 7 heteroatoms. The summed E-state index contributed by atoms with van der Waals surface area (Å²) in [4.78, 5) is 14.2. The lowest BCUT2D eigenvalue weighted by Gasteiger charge is -2.20. The van der Waals surface area contributed by atoms with Crippen molar-refractivity contribution in [1.29, 1.82) is 0 Å². The SMILES string of the molecule is CN(Cc1ccc2c(c1)OCCO2)C(=O)/C=C/c1cc(Cl)c2c(c1)OCCCO2. The van der Waals surface area contributed by atoms with Crippen LogP contribution < -0.4 is 18.9 Å². The highest BCUT2D eigenvalue weighted by atomic mass is 35.5. The summed E-state index contributed by atoms with van der Waals surface area (Å²) in [7, 11) is 1.75. The van der Waals surface area contributed by atoms with Crippen LogP contribution in [-0.2, 0) is 11.3 Å². The molecule has 152 valence electrons. The highest BCUT2D eigenvalue weighted by Gasteiger charge is 2.16. The second kappa shape index (κ2) is 8.66. The normalized spacial score (nSPS) is 15.1. The van der Waals surface area contributed by atoms with Crippen molar-refractivity contribution in [3.05, 3.63) is 52.6 Å². The maximum Gasteiger partial charge on any atom is 0.246 e. The standard InChI is InChI=1S/C22H22ClNO5/c1-24(14-16-3-5-18-19(13-16)28-10-9-27-18)21(25)6-4-15-11-17(23)22-20(12-15)26-7-2-8-29-22/h3-6,11-13H,2,7-10,14H2,1H3/b6-4+. The largest absolute Gasteiger partial charge is 0.489 e. The molecule has 0 aliphatic carbocycles. The molecule has 0 aromatic heterocycles. The molecule has 2 aromatic carbocycles. The summed E-state index contributed by atoms with van der Waals surface area (Å²) in [6.45, 7) is 2.70. The molecule has 0 radical (unpaired) electrons. The number of benzene rings is 2. The van der Waals surface area contributed by atoms with E-state index < -0.39 is 0 Å². The van der Waals surface area contributed by atoms with Crippen LogP contribution in [0, 0.1) is 0 Å². The van der Waals surface area contributed by atoms with Crippen molar-refractivity contribution >= 4 is 23.6 Å². The first kappa shape index (κ1) is 19.5. The molecule has 2 aliphatic rings. The van der Waals surface area contributed by atoms with Crippen LogP contribution in [0.5, 0.6) is 23.0 Å². The van der Waals surface area contributed by atoms with Gasteiger partial charge in [-0.3, -0.25) is 4.79 Å². The fraction of sp³-hybridized carbons (Fsp3) is 0.318. The number of hydrogen-bond donors (Lipinski definition) is 0. The summed E-state index contributed by atoms with van der Waals surface area (Å²) in [5, 5.41) is 0.473. The number of nitrogens with zero attached hydrogens (tertiary/aromatic N) is 1. The lowest BCUT2D eigenvalue weighted by atomic mass is 10.1. The number of carbonyl (C=O) groups is 1. The number of likely N-dealkylation sites (N-methyl/N-ethyl adjacent to an activating group) is 1. The Morgan fingerprint density at radius 2 is 1.76 bits per heavy atom. The van der Waals surface area contributed by atoms with Gasteiger partial charge in [0, 0.05) is 26.1 Å². The van der Waals surface area contributed by atoms with Crippen LogP contribution in [0.15, 0.2) is 36.4 Å². The topological polar surface area (TPSA) is 57.2 Å². The van der Waals surface area contributed by atoms with E-state index in [9.17, 15) is 4.79 Å². The molecule has 0 atom stereocenters. The van der Waals surface area contributed by atoms with Crippen molar-refractivity contribution in [3.63, 3.8) is 0 Å². The zero-order valence-corrected chi connectivity index (χ0v) is 16.9. The minimum Gasteiger partial charge on any atom is -0.489 e. The summed E-state index contributed by atoms with van der Waals surface area (Å²) in [5.41, 5.74) is 1.75. The molecular weight excluding hydrogens is 394 g/mol. The van der Waals surface area contributed by atoms with E-state index in [1.165, 1.54) is 6.08 Å². The monoisotopic (exact) mass is 415 g/mol. The van der Waals surface area contributed by atoms with Crippen molar-refractivity contribution < 1.29 is 23.7 Å². The molecule has 0 N–H and O–H groups in total. The van der Waals surface area contributed by atoms with Crippen LogP contribution in [-0.4, -0.2) is 44.3 Å². The van der Waals surface area contributed by atoms with Crippen LogP contribution in [0.2, 0.25) is 5.02 Å². The van der Waals surface area contributed by atoms with Crippen LogP contribution >= 0.6 is 11.6 Å². The third-order valence-electron chi connectivity index (χ3n) is 4.65. The average molecular weight is 416 g/mol. The first-order valence-corrected chi connectivity index (χ1v) is 9.89. The lowest BCUT2D eigenvalue weighted by molar-refractivity contribution is -0.125. The summed E-state index contributed by atoms with van der Waals surface area (Å²) in [5.74, 6) is 2.49. The zero-order chi connectivity index (χ0) is 20.2. The van der Waals surface area contributed by atoms with Gasteiger partial charge in [0.05, 0.1) is 18.2 Å². The van der Waals surface area contributed by atoms with Crippen LogP contribution in [0.25, 0.3) is 6.08 Å². The van der Waals surface area contributed by atoms with Gasteiger partial charge in [0.2, 0.25) is 5.91 Å². The molecule has 2 aliphatic heterocycles. The molecule has 29 heavy (non-hydrogen) atoms. The van der Waals surface area contributed by atoms with E-state index in [1.807, 2.05) is 24.3 Å². The van der Waals surface area contributed by atoms with Gasteiger partial charge in [-0.1, -0.05) is 17.7 Å². The van der Waals surface area contributed by atoms with Gasteiger partial charge in [-0.15, -0.1) is 0 Å². The first-order chi connectivity index (χ1) is 14.1. The molecule has 0 spiro atoms. The van der Waals surface area contributed by atoms with Gasteiger partial charge >= 0.3 is 0 Å². The van der Waals surface area contributed by atoms with Gasteiger partial charge in [-0.05, 0) is 41.5 Å². The Hall–Kier alpha value is -2.86. The van der Waals surface area contributed by atoms with Crippen molar-refractivity contribution in [1.82, 2.24) is 4.90 Å². The summed E-state index contributed by atoms with van der Waals surface area (Å²) >= 11 is 6.31. The average Bonchev–Trinajstić information content (AvgIpc) is 2.98. The predicted molar refractivity (Wildman–Crippen MR) is 110 cm³/mol. The van der Waals surface area contributed by atoms with E-state index in [0.717, 1.165) is 23.3 Å². The minimum absolute atomic E-state index is 0.122. The van der Waals surface area contributed by atoms with Crippen molar-refractivity contribution in [2.45, 2.75) is 13.0 Å². The van der Waals surface area contributed by atoms with E-state index >= 15 is 0 Å². The Balaban J connectivity index is 1.43. The number of ether oxygens (including phenoxy) is 4. The number of hydrogen-bond acceptors (Lipinski definition) is 5. The van der Waals surface area contributed by atoms with Gasteiger partial charge < -0.3 is 23.8 Å². The second-order valence-electron chi connectivity index (χ2n) is 6.89. The number of amides is 1. The van der Waals surface area contributed by atoms with Crippen LogP contribution in [0.1, 0.15) is 17.5 Å². The van der Waals surface area contributed by atoms with Crippen molar-refractivity contribution in [3.8, 4) is 23.0 Å². The molecule has 0 bridgehead atoms. The van der Waals surface area contributed by atoms with E-state index in [1.54, 1.807) is 24.1 Å². The van der Waals surface area contributed by atoms with E-state index in [4.69, 9.17) is 30.5 Å². The summed E-state index contributed by atoms with van der Waals surface area (Å²) in [6.07, 6.45) is 4.05. The highest BCUT2D eigenvalue weighted by molar-refractivity contribution is 6.32. The van der Waals surface area contributed by atoms with E-state index in [-0.39, 0.29) is 5.91 Å². The Morgan fingerprint density at radius 1 is 1.00 bits per heavy atom. The molecule has 0 saturated carbocycles. The maximum atomic E-state index is 12.5. The Kier molecular flexibility index (Phi) is 5.81. The number of halogens is 1. The fourth-order valence-corrected chi connectivity index (χ4v) is 3.45. The number of rotatable bonds is 4. The molecule has 4 rings (SSSR count). The fourth-order valence-electron chi connectivity index (χ4n) is 3.18. The van der Waals surface area contributed by atoms with Gasteiger partial charge in [-0.2, -0.15) is 0 Å². The summed E-state index contributed by atoms with van der Waals surface area (Å²) in [6, 6.07) is 9.31. The van der Waals surface area contributed by atoms with E-state index in [2.05, 4.69) is 0 Å². The number of fused-ring (bicyclic) bond motifs is 2. The minimum atomic E-state index is -0.122. The zero-order valence-electron chi connectivity index (χ0n) is 16.2. The molecule has 1 amide bonds. The quantitative estimate of drug-likeness (QED) is 0.708. The van der Waals surface area contributed by atoms with Crippen LogP contribution in [0.3, 0.4) is 0 Å². The van der Waals surface area contributed by atoms with Gasteiger partial charge in [0.1, 0.15) is 13.2 Å². The summed E-state index contributed by atoms with van der Waals surface area (Å²) < 4.78 is 22.4. The van der Waals surface area contributed by atoms with Gasteiger partial charge in [-0.25, -0.2) is 0 Å². The molecule has 6 nitrogen and oxygen atoms in total. The van der Waals surface area contributed by atoms with Crippen LogP contribution in [0.4, 0.5) is 0 Å². The highest BCUT2D eigenvalue weighted by Crippen LogP contribution is 2.38. The number of carbonyl (C=O) groups excluding carboxylic acids is 1. The first-order valence-electron chi connectivity index (χ1n) is 9.51. The second-order valence-corrected chi connectivity index (χ2v) is 7.29.